The molecule has 2 amide bonds. The molecule has 31 heavy (non-hydrogen) atoms. The molecule has 5 rings (SSSR count). The minimum absolute atomic E-state index is 0.138. The van der Waals surface area contributed by atoms with Crippen molar-refractivity contribution in [3.63, 3.8) is 0 Å². The molecule has 0 unspecified atom stereocenters. The molecule has 0 N–H and O–H groups in total. The number of ketones is 1. The number of hydrogen-bond acceptors (Lipinski definition) is 3. The lowest BCUT2D eigenvalue weighted by molar-refractivity contribution is 0.0891. The molecule has 4 heteroatoms. The van der Waals surface area contributed by atoms with E-state index in [1.807, 2.05) is 50.2 Å². The number of carbonyl (C=O) groups excluding carboxylic acids is 3. The van der Waals surface area contributed by atoms with E-state index in [9.17, 15) is 14.4 Å². The van der Waals surface area contributed by atoms with E-state index >= 15 is 0 Å². The standard InChI is InChI=1S/C27H19NO3/c1-16-8-6-9-17(2)24(16)28-26(30)21-13-7-12-19-20(14-15-22(23(19)21)27(28)31)25(29)18-10-4-3-5-11-18/h3-15H,1-2H3. The number of rotatable bonds is 3. The van der Waals surface area contributed by atoms with Crippen molar-refractivity contribution >= 4 is 34.1 Å². The Morgan fingerprint density at radius 1 is 0.677 bits per heavy atom. The Balaban J connectivity index is 1.73. The van der Waals surface area contributed by atoms with Crippen molar-refractivity contribution in [2.24, 2.45) is 0 Å². The molecular formula is C27H19NO3. The maximum atomic E-state index is 13.5. The summed E-state index contributed by atoms with van der Waals surface area (Å²) in [6.07, 6.45) is 0. The molecule has 4 aromatic carbocycles. The highest BCUT2D eigenvalue weighted by Gasteiger charge is 2.36. The SMILES string of the molecule is Cc1cccc(C)c1N1C(=O)c2cccc3c(C(=O)c4ccccc4)ccc(c23)C1=O. The van der Waals surface area contributed by atoms with Gasteiger partial charge < -0.3 is 0 Å². The van der Waals surface area contributed by atoms with Crippen LogP contribution in [0, 0.1) is 13.8 Å². The molecule has 0 aromatic heterocycles. The van der Waals surface area contributed by atoms with Gasteiger partial charge in [0.15, 0.2) is 5.78 Å². The molecule has 1 aliphatic heterocycles. The summed E-state index contributed by atoms with van der Waals surface area (Å²) in [4.78, 5) is 41.4. The number of anilines is 1. The van der Waals surface area contributed by atoms with Crippen LogP contribution in [0.1, 0.15) is 47.8 Å². The topological polar surface area (TPSA) is 54.5 Å². The summed E-state index contributed by atoms with van der Waals surface area (Å²) in [6, 6.07) is 23.3. The Bertz CT molecular complexity index is 1360. The van der Waals surface area contributed by atoms with Crippen LogP contribution < -0.4 is 4.90 Å². The van der Waals surface area contributed by atoms with Crippen molar-refractivity contribution in [3.8, 4) is 0 Å². The van der Waals surface area contributed by atoms with Crippen molar-refractivity contribution in [2.45, 2.75) is 13.8 Å². The van der Waals surface area contributed by atoms with Crippen molar-refractivity contribution in [2.75, 3.05) is 4.90 Å². The minimum Gasteiger partial charge on any atom is -0.289 e. The van der Waals surface area contributed by atoms with E-state index in [4.69, 9.17) is 0 Å². The molecule has 0 saturated carbocycles. The molecule has 0 spiro atoms. The second-order valence-electron chi connectivity index (χ2n) is 7.77. The number of benzene rings is 4. The van der Waals surface area contributed by atoms with E-state index in [2.05, 4.69) is 0 Å². The molecule has 0 fully saturated rings. The number of nitrogens with zero attached hydrogens (tertiary/aromatic N) is 1. The molecule has 4 nitrogen and oxygen atoms in total. The van der Waals surface area contributed by atoms with E-state index in [1.54, 1.807) is 42.5 Å². The van der Waals surface area contributed by atoms with E-state index in [1.165, 1.54) is 4.90 Å². The summed E-state index contributed by atoms with van der Waals surface area (Å²) in [5.74, 6) is -0.879. The molecule has 0 bridgehead atoms. The van der Waals surface area contributed by atoms with Gasteiger partial charge in [0, 0.05) is 27.6 Å². The first-order chi connectivity index (χ1) is 15.0. The van der Waals surface area contributed by atoms with E-state index in [0.717, 1.165) is 11.1 Å². The predicted molar refractivity (Wildman–Crippen MR) is 121 cm³/mol. The quantitative estimate of drug-likeness (QED) is 0.335. The molecule has 0 atom stereocenters. The van der Waals surface area contributed by atoms with Gasteiger partial charge in [-0.25, -0.2) is 4.90 Å². The Kier molecular flexibility index (Phi) is 4.29. The van der Waals surface area contributed by atoms with Crippen LogP contribution in [0.4, 0.5) is 5.69 Å². The third-order valence-electron chi connectivity index (χ3n) is 5.85. The molecule has 0 radical (unpaired) electrons. The maximum Gasteiger partial charge on any atom is 0.266 e. The van der Waals surface area contributed by atoms with Gasteiger partial charge in [0.25, 0.3) is 11.8 Å². The number of imide groups is 1. The van der Waals surface area contributed by atoms with Crippen molar-refractivity contribution < 1.29 is 14.4 Å². The summed E-state index contributed by atoms with van der Waals surface area (Å²) < 4.78 is 0. The fraction of sp³-hybridized carbons (Fsp3) is 0.0741. The summed E-state index contributed by atoms with van der Waals surface area (Å²) in [5, 5.41) is 1.16. The second-order valence-corrected chi connectivity index (χ2v) is 7.77. The van der Waals surface area contributed by atoms with Crippen LogP contribution in [-0.4, -0.2) is 17.6 Å². The van der Waals surface area contributed by atoms with Crippen LogP contribution in [-0.2, 0) is 0 Å². The van der Waals surface area contributed by atoms with Gasteiger partial charge in [-0.1, -0.05) is 60.7 Å². The Hall–Kier alpha value is -4.05. The monoisotopic (exact) mass is 405 g/mol. The molecule has 1 heterocycles. The smallest absolute Gasteiger partial charge is 0.266 e. The Morgan fingerprint density at radius 3 is 1.97 bits per heavy atom. The van der Waals surface area contributed by atoms with Crippen LogP contribution >= 0.6 is 0 Å². The van der Waals surface area contributed by atoms with Crippen LogP contribution in [0.3, 0.4) is 0 Å². The van der Waals surface area contributed by atoms with Gasteiger partial charge in [0.2, 0.25) is 0 Å². The zero-order chi connectivity index (χ0) is 21.7. The Labute approximate surface area is 179 Å². The number of para-hydroxylation sites is 1. The first kappa shape index (κ1) is 18.9. The number of carbonyl (C=O) groups is 3. The lowest BCUT2D eigenvalue weighted by Gasteiger charge is -2.29. The van der Waals surface area contributed by atoms with Crippen molar-refractivity contribution in [1.29, 1.82) is 0 Å². The van der Waals surface area contributed by atoms with Gasteiger partial charge in [-0.05, 0) is 48.6 Å². The second kappa shape index (κ2) is 7.03. The van der Waals surface area contributed by atoms with Crippen LogP contribution in [0.15, 0.2) is 78.9 Å². The average Bonchev–Trinajstić information content (AvgIpc) is 2.79. The summed E-state index contributed by atoms with van der Waals surface area (Å²) in [5.41, 5.74) is 4.22. The van der Waals surface area contributed by atoms with Crippen LogP contribution in [0.5, 0.6) is 0 Å². The predicted octanol–water partition coefficient (Wildman–Crippen LogP) is 5.49. The third kappa shape index (κ3) is 2.80. The molecule has 0 aliphatic carbocycles. The summed E-state index contributed by atoms with van der Waals surface area (Å²) in [6.45, 7) is 3.78. The largest absolute Gasteiger partial charge is 0.289 e. The molecule has 150 valence electrons. The fourth-order valence-corrected chi connectivity index (χ4v) is 4.40. The highest BCUT2D eigenvalue weighted by atomic mass is 16.2. The van der Waals surface area contributed by atoms with Gasteiger partial charge >= 0.3 is 0 Å². The van der Waals surface area contributed by atoms with Gasteiger partial charge in [0.05, 0.1) is 5.69 Å². The Morgan fingerprint density at radius 2 is 1.29 bits per heavy atom. The third-order valence-corrected chi connectivity index (χ3v) is 5.85. The summed E-state index contributed by atoms with van der Waals surface area (Å²) >= 11 is 0. The van der Waals surface area contributed by atoms with Crippen molar-refractivity contribution in [1.82, 2.24) is 0 Å². The van der Waals surface area contributed by atoms with E-state index < -0.39 is 0 Å². The lowest BCUT2D eigenvalue weighted by atomic mass is 9.88. The van der Waals surface area contributed by atoms with Crippen molar-refractivity contribution in [3.05, 3.63) is 112 Å². The van der Waals surface area contributed by atoms with Gasteiger partial charge in [0.1, 0.15) is 0 Å². The maximum absolute atomic E-state index is 13.5. The van der Waals surface area contributed by atoms with Crippen LogP contribution in [0.25, 0.3) is 10.8 Å². The van der Waals surface area contributed by atoms with Gasteiger partial charge in [-0.3, -0.25) is 14.4 Å². The average molecular weight is 405 g/mol. The number of amides is 2. The highest BCUT2D eigenvalue weighted by molar-refractivity contribution is 6.37. The zero-order valence-electron chi connectivity index (χ0n) is 17.2. The van der Waals surface area contributed by atoms with Gasteiger partial charge in [-0.2, -0.15) is 0 Å². The minimum atomic E-state index is -0.371. The normalized spacial score (nSPS) is 13.0. The lowest BCUT2D eigenvalue weighted by Crippen LogP contribution is -2.41. The molecule has 4 aromatic rings. The van der Waals surface area contributed by atoms with E-state index in [0.29, 0.717) is 38.7 Å². The molecular weight excluding hydrogens is 386 g/mol. The highest BCUT2D eigenvalue weighted by Crippen LogP contribution is 2.37. The molecule has 0 saturated heterocycles. The number of hydrogen-bond donors (Lipinski definition) is 0. The first-order valence-corrected chi connectivity index (χ1v) is 10.1. The fourth-order valence-electron chi connectivity index (χ4n) is 4.40. The zero-order valence-corrected chi connectivity index (χ0v) is 17.2. The summed E-state index contributed by atoms with van der Waals surface area (Å²) in [7, 11) is 0. The van der Waals surface area contributed by atoms with Gasteiger partial charge in [-0.15, -0.1) is 0 Å². The van der Waals surface area contributed by atoms with E-state index in [-0.39, 0.29) is 17.6 Å². The van der Waals surface area contributed by atoms with Crippen LogP contribution in [0.2, 0.25) is 0 Å². The molecule has 1 aliphatic rings. The first-order valence-electron chi connectivity index (χ1n) is 10.1. The number of aryl methyl sites for hydroxylation is 2.